The van der Waals surface area contributed by atoms with Gasteiger partial charge in [-0.2, -0.15) is 0 Å². The largest absolute Gasteiger partial charge is 0.453 e. The Morgan fingerprint density at radius 3 is 3.07 bits per heavy atom. The van der Waals surface area contributed by atoms with Gasteiger partial charge in [-0.1, -0.05) is 0 Å². The molecule has 1 atom stereocenters. The normalized spacial score (nSPS) is 21.0. The summed E-state index contributed by atoms with van der Waals surface area (Å²) >= 11 is 3.28. The summed E-state index contributed by atoms with van der Waals surface area (Å²) in [5.74, 6) is 1.73. The summed E-state index contributed by atoms with van der Waals surface area (Å²) in [6, 6.07) is 3.90. The van der Waals surface area contributed by atoms with Crippen molar-refractivity contribution in [3.63, 3.8) is 0 Å². The molecule has 0 radical (unpaired) electrons. The van der Waals surface area contributed by atoms with Crippen LogP contribution in [-0.2, 0) is 11.3 Å². The van der Waals surface area contributed by atoms with E-state index < -0.39 is 0 Å². The van der Waals surface area contributed by atoms with E-state index in [1.807, 2.05) is 12.1 Å². The fourth-order valence-corrected chi connectivity index (χ4v) is 2.12. The molecule has 84 valence electrons. The van der Waals surface area contributed by atoms with Crippen molar-refractivity contribution < 1.29 is 9.15 Å². The molecule has 1 fully saturated rings. The van der Waals surface area contributed by atoms with Gasteiger partial charge in [-0.05, 0) is 53.4 Å². The molecule has 1 unspecified atom stereocenters. The van der Waals surface area contributed by atoms with E-state index in [1.54, 1.807) is 0 Å². The maximum Gasteiger partial charge on any atom is 0.169 e. The molecule has 15 heavy (non-hydrogen) atoms. The number of hydrogen-bond acceptors (Lipinski definition) is 3. The lowest BCUT2D eigenvalue weighted by atomic mass is 10.1. The summed E-state index contributed by atoms with van der Waals surface area (Å²) in [5, 5.41) is 3.37. The second-order valence-electron chi connectivity index (χ2n) is 3.90. The Balaban J connectivity index is 1.58. The highest BCUT2D eigenvalue weighted by molar-refractivity contribution is 9.10. The molecule has 0 saturated carbocycles. The van der Waals surface area contributed by atoms with Crippen LogP contribution >= 0.6 is 15.9 Å². The highest BCUT2D eigenvalue weighted by Crippen LogP contribution is 2.16. The van der Waals surface area contributed by atoms with E-state index in [1.165, 1.54) is 12.8 Å². The molecule has 1 N–H and O–H groups in total. The van der Waals surface area contributed by atoms with Gasteiger partial charge in [-0.3, -0.25) is 0 Å². The number of furan rings is 1. The van der Waals surface area contributed by atoms with Crippen LogP contribution in [-0.4, -0.2) is 19.8 Å². The van der Waals surface area contributed by atoms with Crippen molar-refractivity contribution in [1.82, 2.24) is 5.32 Å². The zero-order chi connectivity index (χ0) is 10.5. The second kappa shape index (κ2) is 5.68. The van der Waals surface area contributed by atoms with Crippen LogP contribution in [0.2, 0.25) is 0 Å². The van der Waals surface area contributed by atoms with Gasteiger partial charge in [-0.15, -0.1) is 0 Å². The summed E-state index contributed by atoms with van der Waals surface area (Å²) in [6.45, 7) is 3.72. The van der Waals surface area contributed by atoms with E-state index in [-0.39, 0.29) is 0 Å². The van der Waals surface area contributed by atoms with Crippen LogP contribution < -0.4 is 5.32 Å². The summed E-state index contributed by atoms with van der Waals surface area (Å²) < 4.78 is 11.5. The van der Waals surface area contributed by atoms with Crippen LogP contribution in [0.15, 0.2) is 21.2 Å². The molecule has 0 aliphatic carbocycles. The predicted molar refractivity (Wildman–Crippen MR) is 61.7 cm³/mol. The van der Waals surface area contributed by atoms with Gasteiger partial charge in [0.25, 0.3) is 0 Å². The molecule has 4 heteroatoms. The minimum absolute atomic E-state index is 0.751. The molecule has 2 rings (SSSR count). The van der Waals surface area contributed by atoms with Crippen molar-refractivity contribution in [2.45, 2.75) is 19.4 Å². The third kappa shape index (κ3) is 3.63. The summed E-state index contributed by atoms with van der Waals surface area (Å²) in [4.78, 5) is 0. The molecule has 1 aromatic rings. The molecule has 0 aromatic carbocycles. The lowest BCUT2D eigenvalue weighted by molar-refractivity contribution is 0.184. The Morgan fingerprint density at radius 2 is 2.40 bits per heavy atom. The Hall–Kier alpha value is -0.320. The molecule has 1 saturated heterocycles. The molecule has 1 aromatic heterocycles. The van der Waals surface area contributed by atoms with E-state index in [0.717, 1.165) is 42.7 Å². The third-order valence-electron chi connectivity index (χ3n) is 2.68. The van der Waals surface area contributed by atoms with E-state index >= 15 is 0 Å². The molecule has 0 bridgehead atoms. The standard InChI is InChI=1S/C11H16BrNO2/c12-11-2-1-10(15-11)7-13-5-3-9-4-6-14-8-9/h1-2,9,13H,3-8H2. The zero-order valence-electron chi connectivity index (χ0n) is 8.67. The Labute approximate surface area is 98.3 Å². The molecule has 3 nitrogen and oxygen atoms in total. The van der Waals surface area contributed by atoms with Gasteiger partial charge in [0.2, 0.25) is 0 Å². The second-order valence-corrected chi connectivity index (χ2v) is 4.68. The summed E-state index contributed by atoms with van der Waals surface area (Å²) in [7, 11) is 0. The minimum atomic E-state index is 0.751. The molecule has 0 amide bonds. The first-order chi connectivity index (χ1) is 7.34. The first kappa shape index (κ1) is 11.2. The lowest BCUT2D eigenvalue weighted by Gasteiger charge is -2.07. The van der Waals surface area contributed by atoms with Crippen LogP contribution in [0, 0.1) is 5.92 Å². The van der Waals surface area contributed by atoms with Gasteiger partial charge >= 0.3 is 0 Å². The average Bonchev–Trinajstić information content (AvgIpc) is 2.84. The lowest BCUT2D eigenvalue weighted by Crippen LogP contribution is -2.17. The van der Waals surface area contributed by atoms with Crippen LogP contribution in [0.1, 0.15) is 18.6 Å². The monoisotopic (exact) mass is 273 g/mol. The Bertz CT molecular complexity index is 295. The zero-order valence-corrected chi connectivity index (χ0v) is 10.3. The number of ether oxygens (including phenoxy) is 1. The molecule has 2 heterocycles. The van der Waals surface area contributed by atoms with E-state index in [4.69, 9.17) is 9.15 Å². The number of nitrogens with one attached hydrogen (secondary N) is 1. The van der Waals surface area contributed by atoms with Gasteiger partial charge < -0.3 is 14.5 Å². The van der Waals surface area contributed by atoms with Crippen molar-refractivity contribution in [2.24, 2.45) is 5.92 Å². The van der Waals surface area contributed by atoms with Crippen molar-refractivity contribution in [1.29, 1.82) is 0 Å². The van der Waals surface area contributed by atoms with E-state index in [9.17, 15) is 0 Å². The first-order valence-electron chi connectivity index (χ1n) is 5.37. The van der Waals surface area contributed by atoms with Crippen LogP contribution in [0.3, 0.4) is 0 Å². The van der Waals surface area contributed by atoms with Gasteiger partial charge in [0.1, 0.15) is 5.76 Å². The molecular formula is C11H16BrNO2. The van der Waals surface area contributed by atoms with Crippen molar-refractivity contribution in [3.8, 4) is 0 Å². The van der Waals surface area contributed by atoms with Crippen molar-refractivity contribution >= 4 is 15.9 Å². The summed E-state index contributed by atoms with van der Waals surface area (Å²) in [6.07, 6.45) is 2.41. The minimum Gasteiger partial charge on any atom is -0.453 e. The van der Waals surface area contributed by atoms with Gasteiger partial charge in [0, 0.05) is 13.2 Å². The molecule has 1 aliphatic heterocycles. The predicted octanol–water partition coefficient (Wildman–Crippen LogP) is 2.56. The highest BCUT2D eigenvalue weighted by atomic mass is 79.9. The molecule has 1 aliphatic rings. The maximum absolute atomic E-state index is 5.39. The average molecular weight is 274 g/mol. The molecule has 0 spiro atoms. The van der Waals surface area contributed by atoms with Crippen LogP contribution in [0.5, 0.6) is 0 Å². The Morgan fingerprint density at radius 1 is 1.47 bits per heavy atom. The first-order valence-corrected chi connectivity index (χ1v) is 6.16. The quantitative estimate of drug-likeness (QED) is 0.838. The van der Waals surface area contributed by atoms with Gasteiger partial charge in [0.05, 0.1) is 6.54 Å². The topological polar surface area (TPSA) is 34.4 Å². The smallest absolute Gasteiger partial charge is 0.169 e. The SMILES string of the molecule is Brc1ccc(CNCCC2CCOC2)o1. The fraction of sp³-hybridized carbons (Fsp3) is 0.636. The van der Waals surface area contributed by atoms with Gasteiger partial charge in [0.15, 0.2) is 4.67 Å². The fourth-order valence-electron chi connectivity index (χ4n) is 1.78. The van der Waals surface area contributed by atoms with Crippen LogP contribution in [0.4, 0.5) is 0 Å². The highest BCUT2D eigenvalue weighted by Gasteiger charge is 2.14. The Kier molecular flexibility index (Phi) is 4.23. The van der Waals surface area contributed by atoms with Crippen molar-refractivity contribution in [2.75, 3.05) is 19.8 Å². The van der Waals surface area contributed by atoms with E-state index in [2.05, 4.69) is 21.2 Å². The molecular weight excluding hydrogens is 258 g/mol. The maximum atomic E-state index is 5.39. The van der Waals surface area contributed by atoms with E-state index in [0.29, 0.717) is 0 Å². The van der Waals surface area contributed by atoms with Gasteiger partial charge in [-0.25, -0.2) is 0 Å². The number of hydrogen-bond donors (Lipinski definition) is 1. The van der Waals surface area contributed by atoms with Crippen molar-refractivity contribution in [3.05, 3.63) is 22.6 Å². The summed E-state index contributed by atoms with van der Waals surface area (Å²) in [5.41, 5.74) is 0. The van der Waals surface area contributed by atoms with Crippen LogP contribution in [0.25, 0.3) is 0 Å². The third-order valence-corrected chi connectivity index (χ3v) is 3.11. The number of halogens is 1. The number of rotatable bonds is 5.